The second-order valence-electron chi connectivity index (χ2n) is 8.21. The van der Waals surface area contributed by atoms with E-state index in [1.807, 2.05) is 31.2 Å². The fourth-order valence-corrected chi connectivity index (χ4v) is 4.33. The van der Waals surface area contributed by atoms with Crippen LogP contribution < -0.4 is 4.74 Å². The Bertz CT molecular complexity index is 744. The van der Waals surface area contributed by atoms with Crippen molar-refractivity contribution in [2.45, 2.75) is 47.0 Å². The molecule has 0 bridgehead atoms. The molecule has 0 radical (unpaired) electrons. The number of nitrogens with zero attached hydrogens (tertiary/aromatic N) is 2. The van der Waals surface area contributed by atoms with Crippen LogP contribution >= 0.6 is 0 Å². The van der Waals surface area contributed by atoms with Gasteiger partial charge in [0.15, 0.2) is 0 Å². The molecule has 28 heavy (non-hydrogen) atoms. The number of likely N-dealkylation sites (tertiary alicyclic amines) is 1. The Hall–Kier alpha value is -2.30. The van der Waals surface area contributed by atoms with E-state index in [0.29, 0.717) is 36.3 Å². The van der Waals surface area contributed by atoms with Gasteiger partial charge in [-0.3, -0.25) is 14.5 Å². The van der Waals surface area contributed by atoms with Gasteiger partial charge in [-0.15, -0.1) is 0 Å². The third-order valence-corrected chi connectivity index (χ3v) is 5.39. The Morgan fingerprint density at radius 2 is 1.61 bits per heavy atom. The van der Waals surface area contributed by atoms with E-state index < -0.39 is 0 Å². The molecule has 0 aliphatic carbocycles. The summed E-state index contributed by atoms with van der Waals surface area (Å²) in [5, 5.41) is 0. The molecular weight excluding hydrogens is 352 g/mol. The summed E-state index contributed by atoms with van der Waals surface area (Å²) in [6.07, 6.45) is 2.86. The summed E-state index contributed by atoms with van der Waals surface area (Å²) in [6, 6.07) is 7.57. The first-order chi connectivity index (χ1) is 13.5. The molecule has 0 spiro atoms. The monoisotopic (exact) mass is 384 g/mol. The smallest absolute Gasteiger partial charge is 0.277 e. The Morgan fingerprint density at radius 1 is 0.964 bits per heavy atom. The highest BCUT2D eigenvalue weighted by molar-refractivity contribution is 6.35. The lowest BCUT2D eigenvalue weighted by atomic mass is 9.91. The maximum atomic E-state index is 13.2. The lowest BCUT2D eigenvalue weighted by molar-refractivity contribution is -0.137. The van der Waals surface area contributed by atoms with Gasteiger partial charge in [0, 0.05) is 19.6 Å². The number of carbonyl (C=O) groups is 2. The third kappa shape index (κ3) is 4.08. The Morgan fingerprint density at radius 3 is 2.18 bits per heavy atom. The highest BCUT2D eigenvalue weighted by Gasteiger charge is 2.42. The van der Waals surface area contributed by atoms with Gasteiger partial charge in [-0.2, -0.15) is 0 Å². The summed E-state index contributed by atoms with van der Waals surface area (Å²) in [5.74, 6) is 1.48. The van der Waals surface area contributed by atoms with Crippen LogP contribution in [0, 0.1) is 11.8 Å². The first-order valence-corrected chi connectivity index (χ1v) is 10.5. The van der Waals surface area contributed by atoms with E-state index in [0.717, 1.165) is 43.7 Å². The van der Waals surface area contributed by atoms with Crippen LogP contribution in [0.4, 0.5) is 0 Å². The topological polar surface area (TPSA) is 49.9 Å². The van der Waals surface area contributed by atoms with Gasteiger partial charge in [0.25, 0.3) is 11.8 Å². The molecule has 1 aromatic carbocycles. The molecule has 2 aliphatic rings. The number of rotatable bonds is 7. The van der Waals surface area contributed by atoms with Gasteiger partial charge >= 0.3 is 0 Å². The predicted molar refractivity (Wildman–Crippen MR) is 111 cm³/mol. The predicted octanol–water partition coefficient (Wildman–Crippen LogP) is 3.94. The SMILES string of the molecule is CCCOc1ccc(C2=C(N3CC(C)CC(C)C3)C(=O)N(CCC)C2=O)cc1. The molecule has 3 rings (SSSR count). The molecular formula is C23H32N2O3. The highest BCUT2D eigenvalue weighted by atomic mass is 16.5. The van der Waals surface area contributed by atoms with Gasteiger partial charge in [-0.25, -0.2) is 0 Å². The summed E-state index contributed by atoms with van der Waals surface area (Å²) in [7, 11) is 0. The minimum Gasteiger partial charge on any atom is -0.494 e. The second kappa shape index (κ2) is 8.80. The van der Waals surface area contributed by atoms with Crippen LogP contribution in [0.15, 0.2) is 30.0 Å². The Balaban J connectivity index is 1.99. The van der Waals surface area contributed by atoms with Crippen molar-refractivity contribution < 1.29 is 14.3 Å². The standard InChI is InChI=1S/C23H32N2O3/c1-5-11-25-22(26)20(18-7-9-19(10-8-18)28-12-6-2)21(23(25)27)24-14-16(3)13-17(4)15-24/h7-10,16-17H,5-6,11-15H2,1-4H3. The summed E-state index contributed by atoms with van der Waals surface area (Å²) in [4.78, 5) is 29.9. The van der Waals surface area contributed by atoms with Gasteiger partial charge in [0.1, 0.15) is 11.4 Å². The van der Waals surface area contributed by atoms with E-state index in [4.69, 9.17) is 4.74 Å². The number of hydrogen-bond acceptors (Lipinski definition) is 4. The van der Waals surface area contributed by atoms with Crippen molar-refractivity contribution in [2.24, 2.45) is 11.8 Å². The number of ether oxygens (including phenoxy) is 1. The summed E-state index contributed by atoms with van der Waals surface area (Å²) >= 11 is 0. The molecule has 1 aromatic rings. The van der Waals surface area contributed by atoms with Crippen LogP contribution in [0.5, 0.6) is 5.75 Å². The quantitative estimate of drug-likeness (QED) is 0.668. The number of benzene rings is 1. The lowest BCUT2D eigenvalue weighted by Crippen LogP contribution is -2.42. The largest absolute Gasteiger partial charge is 0.494 e. The number of imide groups is 1. The summed E-state index contributed by atoms with van der Waals surface area (Å²) in [6.45, 7) is 11.3. The van der Waals surface area contributed by atoms with Crippen LogP contribution in [-0.4, -0.2) is 47.9 Å². The van der Waals surface area contributed by atoms with Gasteiger partial charge < -0.3 is 9.64 Å². The van der Waals surface area contributed by atoms with E-state index in [9.17, 15) is 9.59 Å². The van der Waals surface area contributed by atoms with Crippen molar-refractivity contribution in [3.8, 4) is 5.75 Å². The van der Waals surface area contributed by atoms with E-state index in [1.54, 1.807) is 0 Å². The van der Waals surface area contributed by atoms with Crippen LogP contribution in [0.25, 0.3) is 5.57 Å². The zero-order valence-corrected chi connectivity index (χ0v) is 17.5. The van der Waals surface area contributed by atoms with Crippen molar-refractivity contribution in [1.29, 1.82) is 0 Å². The van der Waals surface area contributed by atoms with E-state index in [-0.39, 0.29) is 11.8 Å². The molecule has 2 atom stereocenters. The normalized spacial score (nSPS) is 23.0. The molecule has 5 nitrogen and oxygen atoms in total. The van der Waals surface area contributed by atoms with Crippen LogP contribution in [0.1, 0.15) is 52.5 Å². The van der Waals surface area contributed by atoms with Crippen LogP contribution in [-0.2, 0) is 9.59 Å². The maximum Gasteiger partial charge on any atom is 0.277 e. The number of piperidine rings is 1. The molecule has 2 unspecified atom stereocenters. The van der Waals surface area contributed by atoms with Crippen molar-refractivity contribution in [2.75, 3.05) is 26.2 Å². The average molecular weight is 385 g/mol. The molecule has 152 valence electrons. The highest BCUT2D eigenvalue weighted by Crippen LogP contribution is 2.35. The van der Waals surface area contributed by atoms with E-state index in [2.05, 4.69) is 25.7 Å². The fourth-order valence-electron chi connectivity index (χ4n) is 4.33. The average Bonchev–Trinajstić information content (AvgIpc) is 2.91. The minimum absolute atomic E-state index is 0.144. The van der Waals surface area contributed by atoms with Gasteiger partial charge in [0.2, 0.25) is 0 Å². The van der Waals surface area contributed by atoms with E-state index >= 15 is 0 Å². The molecule has 0 N–H and O–H groups in total. The first-order valence-electron chi connectivity index (χ1n) is 10.5. The first kappa shape index (κ1) is 20.4. The Kier molecular flexibility index (Phi) is 6.42. The summed E-state index contributed by atoms with van der Waals surface area (Å²) in [5.41, 5.74) is 1.92. The van der Waals surface area contributed by atoms with Crippen LogP contribution in [0.3, 0.4) is 0 Å². The van der Waals surface area contributed by atoms with Crippen molar-refractivity contribution in [1.82, 2.24) is 9.80 Å². The number of hydrogen-bond donors (Lipinski definition) is 0. The zero-order valence-electron chi connectivity index (χ0n) is 17.5. The van der Waals surface area contributed by atoms with Crippen LogP contribution in [0.2, 0.25) is 0 Å². The summed E-state index contributed by atoms with van der Waals surface area (Å²) < 4.78 is 5.66. The lowest BCUT2D eigenvalue weighted by Gasteiger charge is -2.37. The zero-order chi connectivity index (χ0) is 20.3. The van der Waals surface area contributed by atoms with Crippen molar-refractivity contribution in [3.63, 3.8) is 0 Å². The van der Waals surface area contributed by atoms with Crippen molar-refractivity contribution >= 4 is 17.4 Å². The molecule has 1 fully saturated rings. The van der Waals surface area contributed by atoms with Gasteiger partial charge in [0.05, 0.1) is 12.2 Å². The molecule has 0 saturated carbocycles. The third-order valence-electron chi connectivity index (χ3n) is 5.39. The minimum atomic E-state index is -0.171. The van der Waals surface area contributed by atoms with E-state index in [1.165, 1.54) is 4.90 Å². The molecule has 0 aromatic heterocycles. The van der Waals surface area contributed by atoms with Gasteiger partial charge in [-0.05, 0) is 48.8 Å². The molecule has 2 amide bonds. The molecule has 5 heteroatoms. The maximum absolute atomic E-state index is 13.2. The fraction of sp³-hybridized carbons (Fsp3) is 0.565. The molecule has 2 heterocycles. The van der Waals surface area contributed by atoms with Gasteiger partial charge in [-0.1, -0.05) is 39.8 Å². The number of carbonyl (C=O) groups excluding carboxylic acids is 2. The number of amides is 2. The Labute approximate surface area is 168 Å². The molecule has 1 saturated heterocycles. The van der Waals surface area contributed by atoms with Crippen molar-refractivity contribution in [3.05, 3.63) is 35.5 Å². The molecule has 2 aliphatic heterocycles. The second-order valence-corrected chi connectivity index (χ2v) is 8.21.